The molecular weight excluding hydrogens is 170 g/mol. The van der Waals surface area contributed by atoms with Crippen LogP contribution in [0.25, 0.3) is 0 Å². The minimum absolute atomic E-state index is 0.000000000000000222. The number of hydrogen-bond donors (Lipinski definition) is 2. The number of nitrogens with one attached hydrogen (secondary N) is 1. The maximum absolute atomic E-state index is 11.3. The van der Waals surface area contributed by atoms with Crippen LogP contribution in [0.5, 0.6) is 0 Å². The van der Waals surface area contributed by atoms with Crippen LogP contribution in [0.4, 0.5) is 0 Å². The second kappa shape index (κ2) is 4.25. The summed E-state index contributed by atoms with van der Waals surface area (Å²) in [6.07, 6.45) is 1.64. The van der Waals surface area contributed by atoms with Gasteiger partial charge >= 0.3 is 5.97 Å². The van der Waals surface area contributed by atoms with Crippen LogP contribution in [0, 0.1) is 11.8 Å². The minimum atomic E-state index is -0.813. The molecule has 1 amide bonds. The lowest BCUT2D eigenvalue weighted by molar-refractivity contribution is -0.139. The van der Waals surface area contributed by atoms with Crippen molar-refractivity contribution in [1.29, 1.82) is 0 Å². The maximum atomic E-state index is 11.3. The summed E-state index contributed by atoms with van der Waals surface area (Å²) in [6, 6.07) is 0. The monoisotopic (exact) mass is 185 g/mol. The van der Waals surface area contributed by atoms with Crippen molar-refractivity contribution in [2.24, 2.45) is 11.8 Å². The number of carbonyl (C=O) groups excluding carboxylic acids is 1. The molecule has 0 unspecified atom stereocenters. The highest BCUT2D eigenvalue weighted by Crippen LogP contribution is 2.25. The number of carbonyl (C=O) groups is 2. The third-order valence-corrected chi connectivity index (χ3v) is 2.62. The number of carboxylic acids is 1. The van der Waals surface area contributed by atoms with E-state index in [2.05, 4.69) is 5.32 Å². The fourth-order valence-corrected chi connectivity index (χ4v) is 1.86. The number of amides is 1. The van der Waals surface area contributed by atoms with Crippen LogP contribution >= 0.6 is 0 Å². The Hall–Kier alpha value is -1.06. The van der Waals surface area contributed by atoms with E-state index in [-0.39, 0.29) is 24.2 Å². The first kappa shape index (κ1) is 10.0. The Bertz CT molecular complexity index is 215. The van der Waals surface area contributed by atoms with E-state index >= 15 is 0 Å². The van der Waals surface area contributed by atoms with Gasteiger partial charge in [0.2, 0.25) is 5.91 Å². The SMILES string of the molecule is CC[C@H](CC(=O)O)[C@H]1CCNC1=O. The Labute approximate surface area is 77.3 Å². The summed E-state index contributed by atoms with van der Waals surface area (Å²) < 4.78 is 0. The van der Waals surface area contributed by atoms with Gasteiger partial charge in [-0.3, -0.25) is 9.59 Å². The first-order valence-electron chi connectivity index (χ1n) is 4.64. The quantitative estimate of drug-likeness (QED) is 0.674. The molecule has 0 aromatic heterocycles. The van der Waals surface area contributed by atoms with Gasteiger partial charge in [0.25, 0.3) is 0 Å². The third kappa shape index (κ3) is 2.44. The summed E-state index contributed by atoms with van der Waals surface area (Å²) in [7, 11) is 0. The molecule has 0 aromatic carbocycles. The highest BCUT2D eigenvalue weighted by atomic mass is 16.4. The summed E-state index contributed by atoms with van der Waals surface area (Å²) >= 11 is 0. The highest BCUT2D eigenvalue weighted by Gasteiger charge is 2.32. The molecule has 1 saturated heterocycles. The minimum Gasteiger partial charge on any atom is -0.481 e. The van der Waals surface area contributed by atoms with Crippen molar-refractivity contribution in [3.05, 3.63) is 0 Å². The van der Waals surface area contributed by atoms with Crippen LogP contribution in [0.2, 0.25) is 0 Å². The van der Waals surface area contributed by atoms with Gasteiger partial charge in [-0.25, -0.2) is 0 Å². The van der Waals surface area contributed by atoms with E-state index in [1.54, 1.807) is 0 Å². The van der Waals surface area contributed by atoms with Crippen molar-refractivity contribution in [3.63, 3.8) is 0 Å². The van der Waals surface area contributed by atoms with Gasteiger partial charge in [0.05, 0.1) is 0 Å². The molecule has 2 atom stereocenters. The largest absolute Gasteiger partial charge is 0.481 e. The molecule has 1 aliphatic heterocycles. The predicted octanol–water partition coefficient (Wildman–Crippen LogP) is 0.623. The Morgan fingerprint density at radius 1 is 1.77 bits per heavy atom. The lowest BCUT2D eigenvalue weighted by Crippen LogP contribution is -2.26. The molecule has 4 nitrogen and oxygen atoms in total. The molecule has 0 spiro atoms. The zero-order valence-electron chi connectivity index (χ0n) is 7.75. The van der Waals surface area contributed by atoms with Crippen LogP contribution in [0.3, 0.4) is 0 Å². The molecule has 0 radical (unpaired) electrons. The lowest BCUT2D eigenvalue weighted by Gasteiger charge is -2.17. The second-order valence-electron chi connectivity index (χ2n) is 3.45. The molecule has 0 saturated carbocycles. The summed E-state index contributed by atoms with van der Waals surface area (Å²) in [5.74, 6) is -0.874. The maximum Gasteiger partial charge on any atom is 0.303 e. The molecule has 2 N–H and O–H groups in total. The smallest absolute Gasteiger partial charge is 0.303 e. The van der Waals surface area contributed by atoms with E-state index in [1.165, 1.54) is 0 Å². The van der Waals surface area contributed by atoms with Crippen LogP contribution < -0.4 is 5.32 Å². The molecule has 74 valence electrons. The molecule has 1 rings (SSSR count). The molecule has 0 bridgehead atoms. The Kier molecular flexibility index (Phi) is 3.28. The van der Waals surface area contributed by atoms with Gasteiger partial charge in [0.1, 0.15) is 0 Å². The van der Waals surface area contributed by atoms with Gasteiger partial charge in [0.15, 0.2) is 0 Å². The average Bonchev–Trinajstić information content (AvgIpc) is 2.47. The standard InChI is InChI=1S/C9H15NO3/c1-2-6(5-8(11)12)7-3-4-10-9(7)13/h6-7H,2-5H2,1H3,(H,10,13)(H,11,12)/t6-,7-/m1/s1. The second-order valence-corrected chi connectivity index (χ2v) is 3.45. The van der Waals surface area contributed by atoms with E-state index in [1.807, 2.05) is 6.92 Å². The van der Waals surface area contributed by atoms with Gasteiger partial charge in [0, 0.05) is 18.9 Å². The topological polar surface area (TPSA) is 66.4 Å². The molecule has 13 heavy (non-hydrogen) atoms. The summed E-state index contributed by atoms with van der Waals surface area (Å²) in [6.45, 7) is 2.62. The molecule has 0 aliphatic carbocycles. The van der Waals surface area contributed by atoms with Crippen molar-refractivity contribution >= 4 is 11.9 Å². The van der Waals surface area contributed by atoms with E-state index in [9.17, 15) is 9.59 Å². The zero-order valence-corrected chi connectivity index (χ0v) is 7.75. The van der Waals surface area contributed by atoms with Crippen LogP contribution in [0.1, 0.15) is 26.2 Å². The fourth-order valence-electron chi connectivity index (χ4n) is 1.86. The van der Waals surface area contributed by atoms with Crippen molar-refractivity contribution < 1.29 is 14.7 Å². The normalized spacial score (nSPS) is 24.1. The first-order valence-corrected chi connectivity index (χ1v) is 4.64. The number of aliphatic carboxylic acids is 1. The van der Waals surface area contributed by atoms with Crippen molar-refractivity contribution in [3.8, 4) is 0 Å². The fraction of sp³-hybridized carbons (Fsp3) is 0.778. The number of rotatable bonds is 4. The zero-order chi connectivity index (χ0) is 9.84. The van der Waals surface area contributed by atoms with Crippen molar-refractivity contribution in [2.45, 2.75) is 26.2 Å². The highest BCUT2D eigenvalue weighted by molar-refractivity contribution is 5.81. The van der Waals surface area contributed by atoms with E-state index in [0.717, 1.165) is 12.8 Å². The van der Waals surface area contributed by atoms with Crippen LogP contribution in [-0.2, 0) is 9.59 Å². The van der Waals surface area contributed by atoms with Crippen molar-refractivity contribution in [2.75, 3.05) is 6.54 Å². The summed E-state index contributed by atoms with van der Waals surface area (Å²) in [4.78, 5) is 21.8. The molecule has 1 aliphatic rings. The Morgan fingerprint density at radius 3 is 2.85 bits per heavy atom. The number of hydrogen-bond acceptors (Lipinski definition) is 2. The first-order chi connectivity index (χ1) is 6.15. The summed E-state index contributed by atoms with van der Waals surface area (Å²) in [5.41, 5.74) is 0. The van der Waals surface area contributed by atoms with Gasteiger partial charge in [-0.1, -0.05) is 13.3 Å². The third-order valence-electron chi connectivity index (χ3n) is 2.62. The molecule has 0 aromatic rings. The van der Waals surface area contributed by atoms with E-state index < -0.39 is 5.97 Å². The van der Waals surface area contributed by atoms with Gasteiger partial charge < -0.3 is 10.4 Å². The van der Waals surface area contributed by atoms with Gasteiger partial charge in [-0.05, 0) is 12.3 Å². The molecule has 1 fully saturated rings. The lowest BCUT2D eigenvalue weighted by atomic mass is 9.86. The van der Waals surface area contributed by atoms with Crippen LogP contribution in [0.15, 0.2) is 0 Å². The average molecular weight is 185 g/mol. The van der Waals surface area contributed by atoms with E-state index in [4.69, 9.17) is 5.11 Å². The molecule has 1 heterocycles. The Balaban J connectivity index is 2.54. The van der Waals surface area contributed by atoms with Crippen molar-refractivity contribution in [1.82, 2.24) is 5.32 Å². The predicted molar refractivity (Wildman–Crippen MR) is 47.2 cm³/mol. The molecule has 4 heteroatoms. The Morgan fingerprint density at radius 2 is 2.46 bits per heavy atom. The van der Waals surface area contributed by atoms with Crippen LogP contribution in [-0.4, -0.2) is 23.5 Å². The number of carboxylic acid groups (broad SMARTS) is 1. The summed E-state index contributed by atoms with van der Waals surface area (Å²) in [5, 5.41) is 11.4. The van der Waals surface area contributed by atoms with Gasteiger partial charge in [-0.15, -0.1) is 0 Å². The van der Waals surface area contributed by atoms with Gasteiger partial charge in [-0.2, -0.15) is 0 Å². The van der Waals surface area contributed by atoms with E-state index in [0.29, 0.717) is 6.54 Å². The molecular formula is C9H15NO3.